The number of rotatable bonds is 5. The molecule has 2 aromatic rings. The molecule has 0 aliphatic carbocycles. The Morgan fingerprint density at radius 1 is 0.963 bits per heavy atom. The van der Waals surface area contributed by atoms with Crippen molar-refractivity contribution >= 4 is 11.5 Å². The Hall–Kier alpha value is -2.11. The first-order valence-electron chi connectivity index (χ1n) is 10.2. The summed E-state index contributed by atoms with van der Waals surface area (Å²) in [6.07, 6.45) is 4.55. The van der Waals surface area contributed by atoms with Crippen LogP contribution in [0.15, 0.2) is 48.7 Å². The minimum Gasteiger partial charge on any atom is -0.399 e. The molecule has 144 valence electrons. The first kappa shape index (κ1) is 18.3. The number of likely N-dealkylation sites (tertiary alicyclic amines) is 1. The highest BCUT2D eigenvalue weighted by Gasteiger charge is 2.24. The number of aromatic nitrogens is 1. The van der Waals surface area contributed by atoms with E-state index in [-0.39, 0.29) is 0 Å². The summed E-state index contributed by atoms with van der Waals surface area (Å²) >= 11 is 0. The molecule has 1 atom stereocenters. The van der Waals surface area contributed by atoms with E-state index in [0.717, 1.165) is 50.1 Å². The van der Waals surface area contributed by atoms with E-state index in [9.17, 15) is 0 Å². The number of piperazine rings is 1. The summed E-state index contributed by atoms with van der Waals surface area (Å²) in [4.78, 5) is 12.1. The molecule has 0 radical (unpaired) electrons. The van der Waals surface area contributed by atoms with Crippen molar-refractivity contribution in [2.45, 2.75) is 19.4 Å². The van der Waals surface area contributed by atoms with Crippen LogP contribution in [-0.2, 0) is 6.54 Å². The number of anilines is 2. The number of pyridine rings is 1. The molecule has 2 aliphatic heterocycles. The van der Waals surface area contributed by atoms with Crippen molar-refractivity contribution in [2.75, 3.05) is 56.4 Å². The summed E-state index contributed by atoms with van der Waals surface area (Å²) in [7, 11) is 0. The van der Waals surface area contributed by atoms with Crippen molar-refractivity contribution in [2.24, 2.45) is 5.92 Å². The normalized spacial score (nSPS) is 22.1. The minimum atomic E-state index is 0.779. The molecular formula is C22H31N5. The lowest BCUT2D eigenvalue weighted by Crippen LogP contribution is -2.49. The summed E-state index contributed by atoms with van der Waals surface area (Å²) in [5.74, 6) is 1.89. The first-order valence-corrected chi connectivity index (χ1v) is 10.2. The highest BCUT2D eigenvalue weighted by molar-refractivity contribution is 5.40. The van der Waals surface area contributed by atoms with Gasteiger partial charge in [-0.15, -0.1) is 0 Å². The average Bonchev–Trinajstić information content (AvgIpc) is 2.70. The Kier molecular flexibility index (Phi) is 5.90. The molecule has 0 saturated carbocycles. The van der Waals surface area contributed by atoms with Crippen LogP contribution in [0.1, 0.15) is 18.4 Å². The third-order valence-electron chi connectivity index (χ3n) is 5.82. The van der Waals surface area contributed by atoms with Gasteiger partial charge in [0, 0.05) is 57.7 Å². The number of nitrogens with two attached hydrogens (primary N) is 1. The highest BCUT2D eigenvalue weighted by Crippen LogP contribution is 2.21. The van der Waals surface area contributed by atoms with Crippen molar-refractivity contribution in [1.29, 1.82) is 0 Å². The molecule has 1 aromatic heterocycles. The van der Waals surface area contributed by atoms with E-state index in [0.29, 0.717) is 0 Å². The maximum absolute atomic E-state index is 5.93. The van der Waals surface area contributed by atoms with Gasteiger partial charge in [0.2, 0.25) is 0 Å². The van der Waals surface area contributed by atoms with Crippen molar-refractivity contribution in [1.82, 2.24) is 14.8 Å². The van der Waals surface area contributed by atoms with E-state index in [1.165, 1.54) is 38.0 Å². The van der Waals surface area contributed by atoms with E-state index in [1.54, 1.807) is 0 Å². The number of benzene rings is 1. The molecule has 5 nitrogen and oxygen atoms in total. The van der Waals surface area contributed by atoms with E-state index >= 15 is 0 Å². The smallest absolute Gasteiger partial charge is 0.128 e. The molecule has 4 rings (SSSR count). The van der Waals surface area contributed by atoms with Gasteiger partial charge in [-0.1, -0.05) is 18.2 Å². The van der Waals surface area contributed by atoms with Crippen LogP contribution in [0.2, 0.25) is 0 Å². The molecular weight excluding hydrogens is 334 g/mol. The van der Waals surface area contributed by atoms with E-state index in [2.05, 4.69) is 50.0 Å². The zero-order chi connectivity index (χ0) is 18.5. The molecule has 3 heterocycles. The second-order valence-electron chi connectivity index (χ2n) is 7.96. The van der Waals surface area contributed by atoms with Crippen molar-refractivity contribution in [3.63, 3.8) is 0 Å². The van der Waals surface area contributed by atoms with Gasteiger partial charge in [-0.05, 0) is 55.1 Å². The quantitative estimate of drug-likeness (QED) is 0.826. The standard InChI is InChI=1S/C22H31N5/c23-21-7-3-5-19(15-21)16-26-10-4-6-20(18-26)17-25-11-13-27(14-12-25)22-8-1-2-9-24-22/h1-3,5,7-9,15,20H,4,6,10-14,16-18,23H2. The predicted molar refractivity (Wildman–Crippen MR) is 112 cm³/mol. The van der Waals surface area contributed by atoms with Crippen molar-refractivity contribution in [3.8, 4) is 0 Å². The SMILES string of the molecule is Nc1cccc(CN2CCCC(CN3CCN(c4ccccn4)CC3)C2)c1. The summed E-state index contributed by atoms with van der Waals surface area (Å²) in [5.41, 5.74) is 8.13. The summed E-state index contributed by atoms with van der Waals surface area (Å²) in [6, 6.07) is 14.5. The molecule has 2 aliphatic rings. The fraction of sp³-hybridized carbons (Fsp3) is 0.500. The molecule has 0 bridgehead atoms. The van der Waals surface area contributed by atoms with Crippen molar-refractivity contribution < 1.29 is 0 Å². The Balaban J connectivity index is 1.25. The van der Waals surface area contributed by atoms with Gasteiger partial charge >= 0.3 is 0 Å². The second kappa shape index (κ2) is 8.72. The predicted octanol–water partition coefficient (Wildman–Crippen LogP) is 2.70. The van der Waals surface area contributed by atoms with Gasteiger partial charge in [-0.25, -0.2) is 4.98 Å². The molecule has 2 saturated heterocycles. The van der Waals surface area contributed by atoms with Gasteiger partial charge in [0.25, 0.3) is 0 Å². The Morgan fingerprint density at radius 2 is 1.85 bits per heavy atom. The molecule has 0 spiro atoms. The lowest BCUT2D eigenvalue weighted by atomic mass is 9.96. The van der Waals surface area contributed by atoms with Gasteiger partial charge < -0.3 is 10.6 Å². The number of hydrogen-bond donors (Lipinski definition) is 1. The Labute approximate surface area is 162 Å². The highest BCUT2D eigenvalue weighted by atomic mass is 15.3. The van der Waals surface area contributed by atoms with Gasteiger partial charge in [0.05, 0.1) is 0 Å². The lowest BCUT2D eigenvalue weighted by molar-refractivity contribution is 0.125. The monoisotopic (exact) mass is 365 g/mol. The van der Waals surface area contributed by atoms with Crippen molar-refractivity contribution in [3.05, 3.63) is 54.2 Å². The van der Waals surface area contributed by atoms with Crippen LogP contribution in [0.3, 0.4) is 0 Å². The third kappa shape index (κ3) is 4.99. The average molecular weight is 366 g/mol. The molecule has 27 heavy (non-hydrogen) atoms. The van der Waals surface area contributed by atoms with E-state index < -0.39 is 0 Å². The molecule has 2 fully saturated rings. The van der Waals surface area contributed by atoms with Crippen LogP contribution < -0.4 is 10.6 Å². The minimum absolute atomic E-state index is 0.779. The van der Waals surface area contributed by atoms with Gasteiger partial charge in [0.1, 0.15) is 5.82 Å². The van der Waals surface area contributed by atoms with Crippen LogP contribution in [0.25, 0.3) is 0 Å². The second-order valence-corrected chi connectivity index (χ2v) is 7.96. The first-order chi connectivity index (χ1) is 13.3. The molecule has 1 unspecified atom stereocenters. The lowest BCUT2D eigenvalue weighted by Gasteiger charge is -2.39. The van der Waals surface area contributed by atoms with Crippen LogP contribution in [-0.4, -0.2) is 60.6 Å². The molecule has 0 amide bonds. The van der Waals surface area contributed by atoms with Gasteiger partial charge in [-0.2, -0.15) is 0 Å². The number of nitrogen functional groups attached to an aromatic ring is 1. The van der Waals surface area contributed by atoms with E-state index in [1.807, 2.05) is 18.3 Å². The van der Waals surface area contributed by atoms with Crippen LogP contribution in [0.4, 0.5) is 11.5 Å². The van der Waals surface area contributed by atoms with E-state index in [4.69, 9.17) is 5.73 Å². The molecule has 1 aromatic carbocycles. The number of piperidine rings is 1. The van der Waals surface area contributed by atoms with Crippen LogP contribution in [0.5, 0.6) is 0 Å². The molecule has 2 N–H and O–H groups in total. The number of hydrogen-bond acceptors (Lipinski definition) is 5. The van der Waals surface area contributed by atoms with Gasteiger partial charge in [0.15, 0.2) is 0 Å². The zero-order valence-electron chi connectivity index (χ0n) is 16.1. The zero-order valence-corrected chi connectivity index (χ0v) is 16.1. The Bertz CT molecular complexity index is 712. The summed E-state index contributed by atoms with van der Waals surface area (Å²) in [5, 5.41) is 0. The number of nitrogens with zero attached hydrogens (tertiary/aromatic N) is 4. The Morgan fingerprint density at radius 3 is 2.63 bits per heavy atom. The third-order valence-corrected chi connectivity index (χ3v) is 5.82. The van der Waals surface area contributed by atoms with Gasteiger partial charge in [-0.3, -0.25) is 9.80 Å². The van der Waals surface area contributed by atoms with Crippen LogP contribution >= 0.6 is 0 Å². The topological polar surface area (TPSA) is 48.6 Å². The summed E-state index contributed by atoms with van der Waals surface area (Å²) < 4.78 is 0. The maximum atomic E-state index is 5.93. The molecule has 5 heteroatoms. The fourth-order valence-corrected chi connectivity index (χ4v) is 4.46. The van der Waals surface area contributed by atoms with Crippen LogP contribution in [0, 0.1) is 5.92 Å². The maximum Gasteiger partial charge on any atom is 0.128 e. The summed E-state index contributed by atoms with van der Waals surface area (Å²) in [6.45, 7) is 9.10. The fourth-order valence-electron chi connectivity index (χ4n) is 4.46. The largest absolute Gasteiger partial charge is 0.399 e.